The van der Waals surface area contributed by atoms with E-state index in [-0.39, 0.29) is 12.1 Å². The maximum atomic E-state index is 12.9. The molecule has 2 heterocycles. The van der Waals surface area contributed by atoms with Gasteiger partial charge in [0.05, 0.1) is 16.1 Å². The zero-order valence-corrected chi connectivity index (χ0v) is 16.7. The number of benzene rings is 1. The van der Waals surface area contributed by atoms with Crippen molar-refractivity contribution in [3.8, 4) is 0 Å². The lowest BCUT2D eigenvalue weighted by Crippen LogP contribution is -2.50. The lowest BCUT2D eigenvalue weighted by atomic mass is 10.1. The van der Waals surface area contributed by atoms with Crippen LogP contribution in [0, 0.1) is 0 Å². The van der Waals surface area contributed by atoms with E-state index in [0.29, 0.717) is 15.7 Å². The van der Waals surface area contributed by atoms with E-state index < -0.39 is 0 Å². The Kier molecular flexibility index (Phi) is 7.17. The number of rotatable bonds is 3. The van der Waals surface area contributed by atoms with Crippen molar-refractivity contribution in [2.24, 2.45) is 0 Å². The summed E-state index contributed by atoms with van der Waals surface area (Å²) in [6, 6.07) is 5.42. The maximum Gasteiger partial charge on any atom is 0.322 e. The van der Waals surface area contributed by atoms with E-state index in [2.05, 4.69) is 10.2 Å². The SMILES string of the molecule is O=C(Nc1ccc(Cl)c(Cl)c1)N1CCCSCC1CN1CCCCC1. The molecular formula is C18H25Cl2N3OS. The fourth-order valence-electron chi connectivity index (χ4n) is 3.46. The summed E-state index contributed by atoms with van der Waals surface area (Å²) in [5.74, 6) is 2.12. The predicted molar refractivity (Wildman–Crippen MR) is 108 cm³/mol. The van der Waals surface area contributed by atoms with Crippen molar-refractivity contribution in [3.63, 3.8) is 0 Å². The van der Waals surface area contributed by atoms with Crippen LogP contribution in [0.3, 0.4) is 0 Å². The van der Waals surface area contributed by atoms with Crippen LogP contribution < -0.4 is 5.32 Å². The van der Waals surface area contributed by atoms with E-state index in [9.17, 15) is 4.79 Å². The molecule has 1 unspecified atom stereocenters. The summed E-state index contributed by atoms with van der Waals surface area (Å²) in [4.78, 5) is 17.4. The molecule has 25 heavy (non-hydrogen) atoms. The van der Waals surface area contributed by atoms with Gasteiger partial charge in [-0.25, -0.2) is 4.79 Å². The van der Waals surface area contributed by atoms with E-state index in [1.54, 1.807) is 18.2 Å². The molecule has 4 nitrogen and oxygen atoms in total. The van der Waals surface area contributed by atoms with Crippen LogP contribution in [0.2, 0.25) is 10.0 Å². The first-order valence-corrected chi connectivity index (χ1v) is 10.9. The zero-order valence-electron chi connectivity index (χ0n) is 14.3. The molecule has 2 aliphatic heterocycles. The van der Waals surface area contributed by atoms with Gasteiger partial charge in [-0.15, -0.1) is 0 Å². The molecule has 7 heteroatoms. The van der Waals surface area contributed by atoms with Crippen molar-refractivity contribution in [2.75, 3.05) is 43.0 Å². The quantitative estimate of drug-likeness (QED) is 0.788. The normalized spacial score (nSPS) is 22.5. The highest BCUT2D eigenvalue weighted by Crippen LogP contribution is 2.26. The molecule has 1 atom stereocenters. The average Bonchev–Trinajstić information content (AvgIpc) is 2.84. The van der Waals surface area contributed by atoms with E-state index in [0.717, 1.165) is 44.1 Å². The number of anilines is 1. The van der Waals surface area contributed by atoms with Crippen molar-refractivity contribution >= 4 is 46.7 Å². The highest BCUT2D eigenvalue weighted by molar-refractivity contribution is 7.99. The molecule has 2 aliphatic rings. The standard InChI is InChI=1S/C18H25Cl2N3OS/c19-16-6-5-14(11-17(16)20)21-18(24)23-9-4-10-25-13-15(23)12-22-7-2-1-3-8-22/h5-6,11,15H,1-4,7-10,12-13H2,(H,21,24). The van der Waals surface area contributed by atoms with E-state index in [1.807, 2.05) is 16.7 Å². The second kappa shape index (κ2) is 9.36. The summed E-state index contributed by atoms with van der Waals surface area (Å²) < 4.78 is 0. The average molecular weight is 402 g/mol. The van der Waals surface area contributed by atoms with Crippen LogP contribution in [0.15, 0.2) is 18.2 Å². The largest absolute Gasteiger partial charge is 0.322 e. The fourth-order valence-corrected chi connectivity index (χ4v) is 4.81. The number of carbonyl (C=O) groups excluding carboxylic acids is 1. The third-order valence-corrected chi connectivity index (χ3v) is 6.72. The van der Waals surface area contributed by atoms with Crippen LogP contribution in [0.5, 0.6) is 0 Å². The third-order valence-electron chi connectivity index (χ3n) is 4.79. The van der Waals surface area contributed by atoms with Gasteiger partial charge in [0, 0.05) is 24.5 Å². The van der Waals surface area contributed by atoms with Crippen LogP contribution in [0.1, 0.15) is 25.7 Å². The van der Waals surface area contributed by atoms with Gasteiger partial charge < -0.3 is 15.1 Å². The number of likely N-dealkylation sites (tertiary alicyclic amines) is 1. The number of carbonyl (C=O) groups is 1. The number of amides is 2. The highest BCUT2D eigenvalue weighted by atomic mass is 35.5. The van der Waals surface area contributed by atoms with Gasteiger partial charge >= 0.3 is 6.03 Å². The van der Waals surface area contributed by atoms with Crippen molar-refractivity contribution < 1.29 is 4.79 Å². The highest BCUT2D eigenvalue weighted by Gasteiger charge is 2.28. The summed E-state index contributed by atoms with van der Waals surface area (Å²) in [6.45, 7) is 4.09. The topological polar surface area (TPSA) is 35.6 Å². The molecule has 0 radical (unpaired) electrons. The number of nitrogens with zero attached hydrogens (tertiary/aromatic N) is 2. The molecular weight excluding hydrogens is 377 g/mol. The first-order chi connectivity index (χ1) is 12.1. The molecule has 2 saturated heterocycles. The van der Waals surface area contributed by atoms with Gasteiger partial charge in [0.15, 0.2) is 0 Å². The summed E-state index contributed by atoms with van der Waals surface area (Å²) in [7, 11) is 0. The molecule has 2 amide bonds. The second-order valence-corrected chi connectivity index (χ2v) is 8.66. The van der Waals surface area contributed by atoms with Crippen LogP contribution in [0.4, 0.5) is 10.5 Å². The lowest BCUT2D eigenvalue weighted by molar-refractivity contribution is 0.151. The molecule has 3 rings (SSSR count). The minimum Gasteiger partial charge on any atom is -0.319 e. The second-order valence-electron chi connectivity index (χ2n) is 6.70. The molecule has 1 aromatic carbocycles. The molecule has 0 aliphatic carbocycles. The smallest absolute Gasteiger partial charge is 0.319 e. The minimum absolute atomic E-state index is 0.0390. The lowest BCUT2D eigenvalue weighted by Gasteiger charge is -2.35. The van der Waals surface area contributed by atoms with Gasteiger partial charge in [0.1, 0.15) is 0 Å². The fraction of sp³-hybridized carbons (Fsp3) is 0.611. The number of thioether (sulfide) groups is 1. The van der Waals surface area contributed by atoms with Gasteiger partial charge in [-0.05, 0) is 56.3 Å². The molecule has 0 spiro atoms. The summed E-state index contributed by atoms with van der Waals surface area (Å²) in [5, 5.41) is 3.94. The van der Waals surface area contributed by atoms with Crippen molar-refractivity contribution in [1.29, 1.82) is 0 Å². The molecule has 0 saturated carbocycles. The van der Waals surface area contributed by atoms with E-state index in [4.69, 9.17) is 23.2 Å². The van der Waals surface area contributed by atoms with Crippen molar-refractivity contribution in [3.05, 3.63) is 28.2 Å². The van der Waals surface area contributed by atoms with Crippen molar-refractivity contribution in [2.45, 2.75) is 31.7 Å². The van der Waals surface area contributed by atoms with Gasteiger partial charge in [0.2, 0.25) is 0 Å². The van der Waals surface area contributed by atoms with Gasteiger partial charge in [0.25, 0.3) is 0 Å². The van der Waals surface area contributed by atoms with E-state index in [1.165, 1.54) is 19.3 Å². The molecule has 0 bridgehead atoms. The number of nitrogens with one attached hydrogen (secondary N) is 1. The molecule has 1 N–H and O–H groups in total. The predicted octanol–water partition coefficient (Wildman–Crippen LogP) is 4.82. The van der Waals surface area contributed by atoms with Gasteiger partial charge in [-0.1, -0.05) is 29.6 Å². The minimum atomic E-state index is -0.0390. The Bertz CT molecular complexity index is 596. The molecule has 138 valence electrons. The first kappa shape index (κ1) is 19.2. The van der Waals surface area contributed by atoms with Gasteiger partial charge in [-0.3, -0.25) is 0 Å². The molecule has 1 aromatic rings. The maximum absolute atomic E-state index is 12.9. The Balaban J connectivity index is 1.66. The van der Waals surface area contributed by atoms with Crippen LogP contribution in [-0.2, 0) is 0 Å². The van der Waals surface area contributed by atoms with Crippen LogP contribution in [0.25, 0.3) is 0 Å². The Morgan fingerprint density at radius 3 is 2.68 bits per heavy atom. The third kappa shape index (κ3) is 5.43. The Morgan fingerprint density at radius 1 is 1.12 bits per heavy atom. The van der Waals surface area contributed by atoms with E-state index >= 15 is 0 Å². The summed E-state index contributed by atoms with van der Waals surface area (Å²) in [6.07, 6.45) is 4.91. The summed E-state index contributed by atoms with van der Waals surface area (Å²) in [5.41, 5.74) is 0.688. The van der Waals surface area contributed by atoms with Crippen LogP contribution >= 0.6 is 35.0 Å². The zero-order chi connectivity index (χ0) is 17.6. The number of piperidine rings is 1. The number of hydrogen-bond acceptors (Lipinski definition) is 3. The van der Waals surface area contributed by atoms with Crippen molar-refractivity contribution in [1.82, 2.24) is 9.80 Å². The molecule has 0 aromatic heterocycles. The Hall–Kier alpha value is -0.620. The molecule has 2 fully saturated rings. The monoisotopic (exact) mass is 401 g/mol. The number of urea groups is 1. The number of halogens is 2. The first-order valence-electron chi connectivity index (χ1n) is 8.96. The van der Waals surface area contributed by atoms with Gasteiger partial charge in [-0.2, -0.15) is 11.8 Å². The van der Waals surface area contributed by atoms with Crippen LogP contribution in [-0.4, -0.2) is 59.6 Å². The summed E-state index contributed by atoms with van der Waals surface area (Å²) >= 11 is 14.0. The Morgan fingerprint density at radius 2 is 1.92 bits per heavy atom. The Labute approximate surface area is 164 Å². The number of hydrogen-bond donors (Lipinski definition) is 1.